The lowest BCUT2D eigenvalue weighted by atomic mass is 10.2. The summed E-state index contributed by atoms with van der Waals surface area (Å²) >= 11 is 0. The number of nitrogens with two attached hydrogens (primary N) is 1. The Kier molecular flexibility index (Phi) is 2.30. The lowest BCUT2D eigenvalue weighted by Crippen LogP contribution is -2.23. The van der Waals surface area contributed by atoms with E-state index in [9.17, 15) is 0 Å². The van der Waals surface area contributed by atoms with E-state index in [4.69, 9.17) is 10.5 Å². The fourth-order valence-electron chi connectivity index (χ4n) is 0.929. The van der Waals surface area contributed by atoms with Gasteiger partial charge in [0.1, 0.15) is 0 Å². The number of ether oxygens (including phenoxy) is 1. The second kappa shape index (κ2) is 3.05. The first-order chi connectivity index (χ1) is 3.89. The summed E-state index contributed by atoms with van der Waals surface area (Å²) in [7, 11) is 0. The normalized spacial score (nSPS) is 31.9. The van der Waals surface area contributed by atoms with Crippen LogP contribution in [0.3, 0.4) is 0 Å². The van der Waals surface area contributed by atoms with E-state index < -0.39 is 0 Å². The van der Waals surface area contributed by atoms with E-state index in [1.54, 1.807) is 0 Å². The van der Waals surface area contributed by atoms with Gasteiger partial charge >= 0.3 is 0 Å². The monoisotopic (exact) mass is 115 g/mol. The van der Waals surface area contributed by atoms with E-state index in [0.29, 0.717) is 6.04 Å². The minimum Gasteiger partial charge on any atom is -0.380 e. The molecule has 0 spiro atoms. The molecular weight excluding hydrogens is 102 g/mol. The molecule has 0 radical (unpaired) electrons. The second-order valence-electron chi connectivity index (χ2n) is 2.33. The van der Waals surface area contributed by atoms with Gasteiger partial charge in [-0.3, -0.25) is 0 Å². The van der Waals surface area contributed by atoms with Gasteiger partial charge in [0.05, 0.1) is 6.61 Å². The largest absolute Gasteiger partial charge is 0.380 e. The van der Waals surface area contributed by atoms with Crippen LogP contribution in [0.25, 0.3) is 0 Å². The second-order valence-corrected chi connectivity index (χ2v) is 2.33. The Morgan fingerprint density at radius 2 is 2.25 bits per heavy atom. The zero-order valence-corrected chi connectivity index (χ0v) is 5.10. The van der Waals surface area contributed by atoms with Crippen LogP contribution in [0.1, 0.15) is 19.3 Å². The van der Waals surface area contributed by atoms with Crippen LogP contribution in [0.5, 0.6) is 0 Å². The van der Waals surface area contributed by atoms with Crippen molar-refractivity contribution < 1.29 is 4.74 Å². The molecule has 0 amide bonds. The fourth-order valence-corrected chi connectivity index (χ4v) is 0.929. The van der Waals surface area contributed by atoms with E-state index in [-0.39, 0.29) is 0 Å². The number of hydrogen-bond donors (Lipinski definition) is 1. The smallest absolute Gasteiger partial charge is 0.0617 e. The Labute approximate surface area is 50.0 Å². The molecule has 1 aliphatic heterocycles. The van der Waals surface area contributed by atoms with Crippen molar-refractivity contribution in [2.75, 3.05) is 13.2 Å². The average Bonchev–Trinajstić information content (AvgIpc) is 1.94. The van der Waals surface area contributed by atoms with Gasteiger partial charge in [-0.1, -0.05) is 0 Å². The molecule has 48 valence electrons. The molecular formula is C6H13NO. The van der Waals surface area contributed by atoms with Gasteiger partial charge < -0.3 is 10.5 Å². The molecule has 0 unspecified atom stereocenters. The highest BCUT2D eigenvalue weighted by molar-refractivity contribution is 4.62. The summed E-state index contributed by atoms with van der Waals surface area (Å²) in [5, 5.41) is 0. The molecule has 0 aromatic carbocycles. The highest BCUT2D eigenvalue weighted by atomic mass is 16.5. The summed E-state index contributed by atoms with van der Waals surface area (Å²) in [5.41, 5.74) is 5.61. The van der Waals surface area contributed by atoms with Gasteiger partial charge in [0.2, 0.25) is 0 Å². The van der Waals surface area contributed by atoms with Crippen LogP contribution in [0.4, 0.5) is 0 Å². The molecule has 1 fully saturated rings. The quantitative estimate of drug-likeness (QED) is 0.499. The van der Waals surface area contributed by atoms with Crippen LogP contribution in [0, 0.1) is 0 Å². The molecule has 1 saturated heterocycles. The SMILES string of the molecule is N[C@@H]1CCCCOC1. The fraction of sp³-hybridized carbons (Fsp3) is 1.00. The molecule has 0 saturated carbocycles. The molecule has 2 N–H and O–H groups in total. The van der Waals surface area contributed by atoms with Crippen molar-refractivity contribution in [3.05, 3.63) is 0 Å². The van der Waals surface area contributed by atoms with Gasteiger partial charge in [0.15, 0.2) is 0 Å². The Hall–Kier alpha value is -0.0800. The predicted octanol–water partition coefficient (Wildman–Crippen LogP) is 0.514. The summed E-state index contributed by atoms with van der Waals surface area (Å²) in [6.07, 6.45) is 3.56. The van der Waals surface area contributed by atoms with Gasteiger partial charge in [-0.25, -0.2) is 0 Å². The highest BCUT2D eigenvalue weighted by Gasteiger charge is 2.05. The highest BCUT2D eigenvalue weighted by Crippen LogP contribution is 2.04. The maximum Gasteiger partial charge on any atom is 0.0617 e. The Morgan fingerprint density at radius 1 is 1.38 bits per heavy atom. The number of rotatable bonds is 0. The Balaban J connectivity index is 2.17. The molecule has 2 heteroatoms. The Bertz CT molecular complexity index is 57.5. The van der Waals surface area contributed by atoms with Gasteiger partial charge in [0.25, 0.3) is 0 Å². The molecule has 0 aromatic heterocycles. The minimum absolute atomic E-state index is 0.303. The van der Waals surface area contributed by atoms with Gasteiger partial charge in [-0.15, -0.1) is 0 Å². The lowest BCUT2D eigenvalue weighted by Gasteiger charge is -2.03. The van der Waals surface area contributed by atoms with Crippen LogP contribution >= 0.6 is 0 Å². The molecule has 0 bridgehead atoms. The van der Waals surface area contributed by atoms with Crippen molar-refractivity contribution in [1.82, 2.24) is 0 Å². The van der Waals surface area contributed by atoms with Gasteiger partial charge in [-0.2, -0.15) is 0 Å². The number of hydrogen-bond acceptors (Lipinski definition) is 2. The average molecular weight is 115 g/mol. The van der Waals surface area contributed by atoms with Crippen LogP contribution in [-0.4, -0.2) is 19.3 Å². The Morgan fingerprint density at radius 3 is 3.12 bits per heavy atom. The molecule has 1 heterocycles. The van der Waals surface area contributed by atoms with Crippen molar-refractivity contribution in [3.63, 3.8) is 0 Å². The maximum atomic E-state index is 5.61. The van der Waals surface area contributed by atoms with Crippen LogP contribution in [0.2, 0.25) is 0 Å². The van der Waals surface area contributed by atoms with Crippen LogP contribution < -0.4 is 5.73 Å². The molecule has 1 aliphatic rings. The summed E-state index contributed by atoms with van der Waals surface area (Å²) in [5.74, 6) is 0. The molecule has 0 aromatic rings. The van der Waals surface area contributed by atoms with Crippen molar-refractivity contribution >= 4 is 0 Å². The zero-order chi connectivity index (χ0) is 5.82. The first-order valence-electron chi connectivity index (χ1n) is 3.23. The van der Waals surface area contributed by atoms with E-state index in [2.05, 4.69) is 0 Å². The molecule has 8 heavy (non-hydrogen) atoms. The standard InChI is InChI=1S/C6H13NO/c7-6-3-1-2-4-8-5-6/h6H,1-5,7H2/t6-/m1/s1. The topological polar surface area (TPSA) is 35.2 Å². The zero-order valence-electron chi connectivity index (χ0n) is 5.10. The summed E-state index contributed by atoms with van der Waals surface area (Å²) in [6.45, 7) is 1.67. The molecule has 0 aliphatic carbocycles. The maximum absolute atomic E-state index is 5.61. The molecule has 2 nitrogen and oxygen atoms in total. The van der Waals surface area contributed by atoms with Crippen molar-refractivity contribution in [1.29, 1.82) is 0 Å². The summed E-state index contributed by atoms with van der Waals surface area (Å²) in [4.78, 5) is 0. The first-order valence-corrected chi connectivity index (χ1v) is 3.23. The van der Waals surface area contributed by atoms with Crippen molar-refractivity contribution in [3.8, 4) is 0 Å². The van der Waals surface area contributed by atoms with Crippen molar-refractivity contribution in [2.24, 2.45) is 5.73 Å². The third-order valence-corrected chi connectivity index (χ3v) is 1.45. The summed E-state index contributed by atoms with van der Waals surface area (Å²) < 4.78 is 5.18. The van der Waals surface area contributed by atoms with Crippen LogP contribution in [0.15, 0.2) is 0 Å². The third kappa shape index (κ3) is 1.80. The van der Waals surface area contributed by atoms with Gasteiger partial charge in [0, 0.05) is 12.6 Å². The van der Waals surface area contributed by atoms with Crippen LogP contribution in [-0.2, 0) is 4.74 Å². The lowest BCUT2D eigenvalue weighted by molar-refractivity contribution is 0.135. The van der Waals surface area contributed by atoms with Crippen molar-refractivity contribution in [2.45, 2.75) is 25.3 Å². The van der Waals surface area contributed by atoms with E-state index in [1.165, 1.54) is 12.8 Å². The third-order valence-electron chi connectivity index (χ3n) is 1.45. The van der Waals surface area contributed by atoms with E-state index in [1.807, 2.05) is 0 Å². The molecule has 1 rings (SSSR count). The molecule has 1 atom stereocenters. The van der Waals surface area contributed by atoms with E-state index in [0.717, 1.165) is 19.6 Å². The van der Waals surface area contributed by atoms with Gasteiger partial charge in [-0.05, 0) is 19.3 Å². The first kappa shape index (κ1) is 6.05. The summed E-state index contributed by atoms with van der Waals surface area (Å²) in [6, 6.07) is 0.303. The predicted molar refractivity (Wildman–Crippen MR) is 32.6 cm³/mol. The van der Waals surface area contributed by atoms with E-state index >= 15 is 0 Å². The minimum atomic E-state index is 0.303.